The Balaban J connectivity index is 2.53. The van der Waals surface area contributed by atoms with Crippen LogP contribution in [0, 0.1) is 5.92 Å². The molecule has 0 aromatic rings. The van der Waals surface area contributed by atoms with Gasteiger partial charge < -0.3 is 16.4 Å². The Bertz CT molecular complexity index is 284. The Kier molecular flexibility index (Phi) is 6.12. The van der Waals surface area contributed by atoms with E-state index in [4.69, 9.17) is 5.73 Å². The van der Waals surface area contributed by atoms with E-state index in [2.05, 4.69) is 10.6 Å². The molecule has 0 aromatic heterocycles. The summed E-state index contributed by atoms with van der Waals surface area (Å²) in [6.45, 7) is 4.61. The number of carbonyl (C=O) groups excluding carboxylic acids is 2. The Morgan fingerprint density at radius 3 is 2.50 bits per heavy atom. The average molecular weight is 255 g/mol. The summed E-state index contributed by atoms with van der Waals surface area (Å²) < 4.78 is 0. The molecule has 1 aliphatic rings. The second-order valence-corrected chi connectivity index (χ2v) is 5.34. The quantitative estimate of drug-likeness (QED) is 0.685. The first-order valence-electron chi connectivity index (χ1n) is 6.85. The molecule has 1 fully saturated rings. The third-order valence-corrected chi connectivity index (χ3v) is 3.40. The van der Waals surface area contributed by atoms with Crippen LogP contribution in [0.1, 0.15) is 46.0 Å². The maximum absolute atomic E-state index is 12.1. The zero-order valence-electron chi connectivity index (χ0n) is 11.4. The SMILES string of the molecule is CC(C)C(NC(=O)C1CCCCCCN1)C(N)=O. The molecule has 1 rings (SSSR count). The summed E-state index contributed by atoms with van der Waals surface area (Å²) in [6, 6.07) is -0.768. The number of amides is 2. The van der Waals surface area contributed by atoms with E-state index >= 15 is 0 Å². The lowest BCUT2D eigenvalue weighted by Crippen LogP contribution is -2.54. The van der Waals surface area contributed by atoms with Gasteiger partial charge in [-0.15, -0.1) is 0 Å². The van der Waals surface area contributed by atoms with Crippen molar-refractivity contribution in [3.8, 4) is 0 Å². The minimum Gasteiger partial charge on any atom is -0.368 e. The molecular formula is C13H25N3O2. The highest BCUT2D eigenvalue weighted by Gasteiger charge is 2.26. The number of hydrogen-bond acceptors (Lipinski definition) is 3. The van der Waals surface area contributed by atoms with Crippen molar-refractivity contribution in [3.05, 3.63) is 0 Å². The standard InChI is InChI=1S/C13H25N3O2/c1-9(2)11(12(14)17)16-13(18)10-7-5-3-4-6-8-15-10/h9-11,15H,3-8H2,1-2H3,(H2,14,17)(H,16,18). The van der Waals surface area contributed by atoms with Gasteiger partial charge >= 0.3 is 0 Å². The molecule has 0 radical (unpaired) electrons. The van der Waals surface area contributed by atoms with Gasteiger partial charge in [0.2, 0.25) is 11.8 Å². The average Bonchev–Trinajstić information content (AvgIpc) is 2.24. The van der Waals surface area contributed by atoms with Gasteiger partial charge in [-0.2, -0.15) is 0 Å². The summed E-state index contributed by atoms with van der Waals surface area (Å²) in [5.74, 6) is -0.557. The van der Waals surface area contributed by atoms with E-state index in [0.717, 1.165) is 25.8 Å². The van der Waals surface area contributed by atoms with E-state index in [-0.39, 0.29) is 17.9 Å². The van der Waals surface area contributed by atoms with Crippen LogP contribution in [0.25, 0.3) is 0 Å². The highest BCUT2D eigenvalue weighted by molar-refractivity contribution is 5.89. The second kappa shape index (κ2) is 7.36. The van der Waals surface area contributed by atoms with Crippen LogP contribution in [0.2, 0.25) is 0 Å². The molecule has 0 spiro atoms. The number of carbonyl (C=O) groups is 2. The zero-order chi connectivity index (χ0) is 13.5. The Morgan fingerprint density at radius 1 is 1.22 bits per heavy atom. The first-order valence-corrected chi connectivity index (χ1v) is 6.85. The molecule has 104 valence electrons. The molecule has 18 heavy (non-hydrogen) atoms. The van der Waals surface area contributed by atoms with Crippen LogP contribution in [0.5, 0.6) is 0 Å². The number of rotatable bonds is 4. The first kappa shape index (κ1) is 15.0. The van der Waals surface area contributed by atoms with E-state index in [9.17, 15) is 9.59 Å². The van der Waals surface area contributed by atoms with E-state index < -0.39 is 11.9 Å². The fraction of sp³-hybridized carbons (Fsp3) is 0.846. The molecule has 0 aromatic carbocycles. The van der Waals surface area contributed by atoms with Crippen LogP contribution >= 0.6 is 0 Å². The fourth-order valence-corrected chi connectivity index (χ4v) is 2.25. The lowest BCUT2D eigenvalue weighted by atomic mass is 10.0. The van der Waals surface area contributed by atoms with Crippen molar-refractivity contribution in [1.29, 1.82) is 0 Å². The van der Waals surface area contributed by atoms with Crippen LogP contribution in [0.3, 0.4) is 0 Å². The number of primary amides is 1. The maximum Gasteiger partial charge on any atom is 0.240 e. The first-order chi connectivity index (χ1) is 8.52. The Hall–Kier alpha value is -1.10. The lowest BCUT2D eigenvalue weighted by molar-refractivity contribution is -0.129. The van der Waals surface area contributed by atoms with Gasteiger partial charge in [0.05, 0.1) is 6.04 Å². The lowest BCUT2D eigenvalue weighted by Gasteiger charge is -2.25. The zero-order valence-corrected chi connectivity index (χ0v) is 11.4. The molecule has 5 nitrogen and oxygen atoms in total. The number of hydrogen-bond donors (Lipinski definition) is 3. The topological polar surface area (TPSA) is 84.2 Å². The molecule has 1 saturated heterocycles. The van der Waals surface area contributed by atoms with Gasteiger partial charge in [-0.05, 0) is 25.3 Å². The van der Waals surface area contributed by atoms with E-state index in [1.807, 2.05) is 13.8 Å². The minimum absolute atomic E-state index is 0.0139. The van der Waals surface area contributed by atoms with Gasteiger partial charge in [0.25, 0.3) is 0 Å². The van der Waals surface area contributed by atoms with Gasteiger partial charge in [-0.1, -0.05) is 33.1 Å². The predicted molar refractivity (Wildman–Crippen MR) is 70.8 cm³/mol. The molecular weight excluding hydrogens is 230 g/mol. The van der Waals surface area contributed by atoms with E-state index in [0.29, 0.717) is 0 Å². The highest BCUT2D eigenvalue weighted by Crippen LogP contribution is 2.10. The predicted octanol–water partition coefficient (Wildman–Crippen LogP) is 0.535. The molecule has 0 bridgehead atoms. The van der Waals surface area contributed by atoms with Crippen molar-refractivity contribution in [2.24, 2.45) is 11.7 Å². The largest absolute Gasteiger partial charge is 0.368 e. The Morgan fingerprint density at radius 2 is 1.89 bits per heavy atom. The highest BCUT2D eigenvalue weighted by atomic mass is 16.2. The maximum atomic E-state index is 12.1. The van der Waals surface area contributed by atoms with Crippen LogP contribution < -0.4 is 16.4 Å². The molecule has 1 heterocycles. The van der Waals surface area contributed by atoms with Crippen molar-refractivity contribution in [1.82, 2.24) is 10.6 Å². The monoisotopic (exact) mass is 255 g/mol. The van der Waals surface area contributed by atoms with Crippen molar-refractivity contribution in [2.75, 3.05) is 6.54 Å². The smallest absolute Gasteiger partial charge is 0.240 e. The minimum atomic E-state index is -0.579. The van der Waals surface area contributed by atoms with E-state index in [1.54, 1.807) is 0 Å². The Labute approximate surface area is 109 Å². The molecule has 0 saturated carbocycles. The van der Waals surface area contributed by atoms with Crippen LogP contribution in [-0.2, 0) is 9.59 Å². The molecule has 2 atom stereocenters. The van der Waals surface area contributed by atoms with Crippen molar-refractivity contribution in [2.45, 2.75) is 58.0 Å². The summed E-state index contributed by atoms with van der Waals surface area (Å²) in [4.78, 5) is 23.4. The fourth-order valence-electron chi connectivity index (χ4n) is 2.25. The van der Waals surface area contributed by atoms with Gasteiger partial charge in [0.15, 0.2) is 0 Å². The molecule has 0 aliphatic carbocycles. The third-order valence-electron chi connectivity index (χ3n) is 3.40. The normalized spacial score (nSPS) is 22.9. The molecule has 4 N–H and O–H groups in total. The van der Waals surface area contributed by atoms with E-state index in [1.165, 1.54) is 12.8 Å². The van der Waals surface area contributed by atoms with Crippen LogP contribution in [0.4, 0.5) is 0 Å². The van der Waals surface area contributed by atoms with Gasteiger partial charge in [-0.3, -0.25) is 9.59 Å². The number of nitrogens with one attached hydrogen (secondary N) is 2. The van der Waals surface area contributed by atoms with Crippen molar-refractivity contribution in [3.63, 3.8) is 0 Å². The van der Waals surface area contributed by atoms with Gasteiger partial charge in [0.1, 0.15) is 6.04 Å². The van der Waals surface area contributed by atoms with Crippen LogP contribution in [0.15, 0.2) is 0 Å². The summed E-state index contributed by atoms with van der Waals surface area (Å²) in [5.41, 5.74) is 5.30. The number of nitrogens with two attached hydrogens (primary N) is 1. The summed E-state index contributed by atoms with van der Waals surface area (Å²) in [5, 5.41) is 6.00. The van der Waals surface area contributed by atoms with Crippen molar-refractivity contribution < 1.29 is 9.59 Å². The summed E-state index contributed by atoms with van der Waals surface area (Å²) in [7, 11) is 0. The summed E-state index contributed by atoms with van der Waals surface area (Å²) in [6.07, 6.45) is 5.38. The van der Waals surface area contributed by atoms with Gasteiger partial charge in [-0.25, -0.2) is 0 Å². The second-order valence-electron chi connectivity index (χ2n) is 5.34. The molecule has 5 heteroatoms. The van der Waals surface area contributed by atoms with Crippen molar-refractivity contribution >= 4 is 11.8 Å². The molecule has 1 aliphatic heterocycles. The molecule has 2 amide bonds. The molecule has 2 unspecified atom stereocenters. The van der Waals surface area contributed by atoms with Gasteiger partial charge in [0, 0.05) is 0 Å². The van der Waals surface area contributed by atoms with Crippen LogP contribution in [-0.4, -0.2) is 30.4 Å². The summed E-state index contributed by atoms with van der Waals surface area (Å²) >= 11 is 0. The third kappa shape index (κ3) is 4.64.